The minimum Gasteiger partial charge on any atom is -0.489 e. The lowest BCUT2D eigenvalue weighted by Crippen LogP contribution is -2.30. The number of carboxylic acid groups (broad SMARTS) is 2. The lowest BCUT2D eigenvalue weighted by Gasteiger charge is -2.24. The van der Waals surface area contributed by atoms with Crippen LogP contribution >= 0.6 is 0 Å². The van der Waals surface area contributed by atoms with Gasteiger partial charge in [-0.3, -0.25) is 14.6 Å². The maximum Gasteiger partial charge on any atom is 0.318 e. The van der Waals surface area contributed by atoms with Crippen molar-refractivity contribution in [3.63, 3.8) is 0 Å². The summed E-state index contributed by atoms with van der Waals surface area (Å²) in [6, 6.07) is 16.9. The number of nitrogens with zero attached hydrogens (tertiary/aromatic N) is 1. The summed E-state index contributed by atoms with van der Waals surface area (Å²) >= 11 is 0. The van der Waals surface area contributed by atoms with Crippen LogP contribution in [0.5, 0.6) is 5.75 Å². The summed E-state index contributed by atoms with van der Waals surface area (Å²) in [4.78, 5) is 27.8. The van der Waals surface area contributed by atoms with Crippen molar-refractivity contribution in [2.24, 2.45) is 5.92 Å². The van der Waals surface area contributed by atoms with Crippen molar-refractivity contribution in [2.45, 2.75) is 38.7 Å². The standard InChI is InChI=1S/C24H25NO5/c1-2-3-9-19(22(23(26)27)24(28)29)18-10-5-7-12-21(18)30-15-16-13-17-8-4-6-11-20(17)25-14-16/h4-8,10-14,19,22H,2-3,9,15H2,1H3,(H,26,27)(H,28,29). The van der Waals surface area contributed by atoms with Crippen molar-refractivity contribution in [2.75, 3.05) is 0 Å². The lowest BCUT2D eigenvalue weighted by molar-refractivity contribution is -0.155. The Morgan fingerprint density at radius 3 is 2.47 bits per heavy atom. The first-order valence-corrected chi connectivity index (χ1v) is 10.0. The maximum atomic E-state index is 11.7. The van der Waals surface area contributed by atoms with Crippen LogP contribution in [0.15, 0.2) is 60.8 Å². The van der Waals surface area contributed by atoms with E-state index in [2.05, 4.69) is 4.98 Å². The van der Waals surface area contributed by atoms with Gasteiger partial charge in [-0.05, 0) is 30.2 Å². The molecule has 3 aromatic rings. The highest BCUT2D eigenvalue weighted by Gasteiger charge is 2.36. The van der Waals surface area contributed by atoms with Crippen molar-refractivity contribution in [1.29, 1.82) is 0 Å². The summed E-state index contributed by atoms with van der Waals surface area (Å²) in [6.45, 7) is 2.24. The molecule has 0 radical (unpaired) electrons. The number of rotatable bonds is 10. The Labute approximate surface area is 175 Å². The highest BCUT2D eigenvalue weighted by Crippen LogP contribution is 2.36. The highest BCUT2D eigenvalue weighted by atomic mass is 16.5. The molecule has 0 spiro atoms. The number of ether oxygens (including phenoxy) is 1. The molecule has 3 rings (SSSR count). The fourth-order valence-corrected chi connectivity index (χ4v) is 3.65. The van der Waals surface area contributed by atoms with Crippen molar-refractivity contribution >= 4 is 22.8 Å². The molecular formula is C24H25NO5. The summed E-state index contributed by atoms with van der Waals surface area (Å²) < 4.78 is 6.02. The molecule has 0 saturated heterocycles. The first-order valence-electron chi connectivity index (χ1n) is 10.0. The van der Waals surface area contributed by atoms with E-state index in [1.54, 1.807) is 30.5 Å². The molecule has 2 N–H and O–H groups in total. The van der Waals surface area contributed by atoms with E-state index in [-0.39, 0.29) is 6.61 Å². The zero-order valence-electron chi connectivity index (χ0n) is 16.8. The predicted molar refractivity (Wildman–Crippen MR) is 114 cm³/mol. The first-order chi connectivity index (χ1) is 14.5. The minimum absolute atomic E-state index is 0.250. The fourth-order valence-electron chi connectivity index (χ4n) is 3.65. The van der Waals surface area contributed by atoms with Gasteiger partial charge in [-0.15, -0.1) is 0 Å². The van der Waals surface area contributed by atoms with Crippen LogP contribution in [0.1, 0.15) is 43.2 Å². The number of benzene rings is 2. The summed E-state index contributed by atoms with van der Waals surface area (Å²) in [5, 5.41) is 20.1. The average Bonchev–Trinajstić information content (AvgIpc) is 2.74. The third-order valence-electron chi connectivity index (χ3n) is 5.16. The van der Waals surface area contributed by atoms with E-state index in [1.165, 1.54) is 0 Å². The van der Waals surface area contributed by atoms with Gasteiger partial charge in [-0.25, -0.2) is 0 Å². The van der Waals surface area contributed by atoms with Gasteiger partial charge in [-0.1, -0.05) is 56.2 Å². The number of carbonyl (C=O) groups is 2. The van der Waals surface area contributed by atoms with Gasteiger partial charge in [0.15, 0.2) is 5.92 Å². The molecule has 0 aliphatic rings. The van der Waals surface area contributed by atoms with Gasteiger partial charge in [-0.2, -0.15) is 0 Å². The molecule has 0 aliphatic heterocycles. The van der Waals surface area contributed by atoms with E-state index in [4.69, 9.17) is 4.74 Å². The van der Waals surface area contributed by atoms with Crippen LogP contribution in [-0.2, 0) is 16.2 Å². The molecule has 6 nitrogen and oxygen atoms in total. The van der Waals surface area contributed by atoms with Crippen molar-refractivity contribution < 1.29 is 24.5 Å². The van der Waals surface area contributed by atoms with Gasteiger partial charge in [0.2, 0.25) is 0 Å². The minimum atomic E-state index is -1.52. The van der Waals surface area contributed by atoms with Crippen molar-refractivity contribution in [3.05, 3.63) is 71.9 Å². The quantitative estimate of drug-likeness (QED) is 0.465. The largest absolute Gasteiger partial charge is 0.489 e. The normalized spacial score (nSPS) is 12.1. The molecule has 0 saturated carbocycles. The molecule has 0 amide bonds. The predicted octanol–water partition coefficient (Wildman–Crippen LogP) is 4.87. The Kier molecular flexibility index (Phi) is 7.01. The molecule has 6 heteroatoms. The van der Waals surface area contributed by atoms with Crippen LogP contribution in [0.4, 0.5) is 0 Å². The van der Waals surface area contributed by atoms with Crippen LogP contribution in [0.2, 0.25) is 0 Å². The Bertz CT molecular complexity index is 1020. The van der Waals surface area contributed by atoms with Crippen LogP contribution < -0.4 is 4.74 Å². The molecule has 1 aromatic heterocycles. The summed E-state index contributed by atoms with van der Waals surface area (Å²) in [6.07, 6.45) is 3.77. The van der Waals surface area contributed by atoms with Crippen LogP contribution in [-0.4, -0.2) is 27.1 Å². The number of hydrogen-bond acceptors (Lipinski definition) is 4. The lowest BCUT2D eigenvalue weighted by atomic mass is 9.82. The zero-order valence-corrected chi connectivity index (χ0v) is 16.8. The van der Waals surface area contributed by atoms with Crippen molar-refractivity contribution in [3.8, 4) is 5.75 Å². The summed E-state index contributed by atoms with van der Waals surface area (Å²) in [7, 11) is 0. The first kappa shape index (κ1) is 21.3. The number of hydrogen-bond donors (Lipinski definition) is 2. The van der Waals surface area contributed by atoms with Gasteiger partial charge in [0, 0.05) is 23.1 Å². The van der Waals surface area contributed by atoms with Gasteiger partial charge in [0.25, 0.3) is 0 Å². The maximum absolute atomic E-state index is 11.7. The van der Waals surface area contributed by atoms with E-state index in [1.807, 2.05) is 37.3 Å². The average molecular weight is 407 g/mol. The molecular weight excluding hydrogens is 382 g/mol. The molecule has 0 bridgehead atoms. The number of aliphatic carboxylic acids is 2. The summed E-state index contributed by atoms with van der Waals surface area (Å²) in [5.41, 5.74) is 2.38. The number of unbranched alkanes of at least 4 members (excludes halogenated alkanes) is 1. The Balaban J connectivity index is 1.88. The Morgan fingerprint density at radius 1 is 1.03 bits per heavy atom. The zero-order chi connectivity index (χ0) is 21.5. The van der Waals surface area contributed by atoms with Gasteiger partial charge < -0.3 is 14.9 Å². The van der Waals surface area contributed by atoms with Gasteiger partial charge >= 0.3 is 11.9 Å². The number of para-hydroxylation sites is 2. The molecule has 1 unspecified atom stereocenters. The Morgan fingerprint density at radius 2 is 1.73 bits per heavy atom. The summed E-state index contributed by atoms with van der Waals surface area (Å²) in [5.74, 6) is -4.37. The second-order valence-electron chi connectivity index (χ2n) is 7.27. The number of carboxylic acids is 2. The highest BCUT2D eigenvalue weighted by molar-refractivity contribution is 5.94. The van der Waals surface area contributed by atoms with E-state index in [9.17, 15) is 19.8 Å². The molecule has 0 aliphatic carbocycles. The van der Waals surface area contributed by atoms with E-state index in [0.29, 0.717) is 17.7 Å². The van der Waals surface area contributed by atoms with E-state index < -0.39 is 23.8 Å². The topological polar surface area (TPSA) is 96.7 Å². The second kappa shape index (κ2) is 9.87. The molecule has 30 heavy (non-hydrogen) atoms. The molecule has 0 fully saturated rings. The molecule has 156 valence electrons. The molecule has 1 atom stereocenters. The molecule has 2 aromatic carbocycles. The van der Waals surface area contributed by atoms with Gasteiger partial charge in [0.1, 0.15) is 12.4 Å². The number of fused-ring (bicyclic) bond motifs is 1. The Hall–Kier alpha value is -3.41. The number of aromatic nitrogens is 1. The number of pyridine rings is 1. The second-order valence-corrected chi connectivity index (χ2v) is 7.27. The SMILES string of the molecule is CCCCC(c1ccccc1OCc1cnc2ccccc2c1)C(C(=O)O)C(=O)O. The fraction of sp³-hybridized carbons (Fsp3) is 0.292. The van der Waals surface area contributed by atoms with Crippen molar-refractivity contribution in [1.82, 2.24) is 4.98 Å². The molecule has 1 heterocycles. The van der Waals surface area contributed by atoms with Crippen LogP contribution in [0, 0.1) is 5.92 Å². The third-order valence-corrected chi connectivity index (χ3v) is 5.16. The van der Waals surface area contributed by atoms with Gasteiger partial charge in [0.05, 0.1) is 5.52 Å². The smallest absolute Gasteiger partial charge is 0.318 e. The van der Waals surface area contributed by atoms with E-state index in [0.717, 1.165) is 29.3 Å². The third kappa shape index (κ3) is 4.95. The van der Waals surface area contributed by atoms with Crippen LogP contribution in [0.3, 0.4) is 0 Å². The van der Waals surface area contributed by atoms with E-state index >= 15 is 0 Å². The monoisotopic (exact) mass is 407 g/mol. The van der Waals surface area contributed by atoms with Crippen LogP contribution in [0.25, 0.3) is 10.9 Å².